The van der Waals surface area contributed by atoms with Gasteiger partial charge in [-0.3, -0.25) is 0 Å². The molecule has 0 saturated carbocycles. The van der Waals surface area contributed by atoms with Crippen LogP contribution in [0.25, 0.3) is 0 Å². The largest absolute Gasteiger partial charge is 0.450 e. The van der Waals surface area contributed by atoms with Gasteiger partial charge in [0.05, 0.1) is 6.61 Å². The van der Waals surface area contributed by atoms with Crippen LogP contribution >= 0.6 is 0 Å². The molecule has 4 nitrogen and oxygen atoms in total. The van der Waals surface area contributed by atoms with Crippen molar-refractivity contribution in [2.24, 2.45) is 5.73 Å². The molecule has 0 aromatic heterocycles. The Morgan fingerprint density at radius 3 is 2.25 bits per heavy atom. The quantitative estimate of drug-likeness (QED) is 0.756. The highest BCUT2D eigenvalue weighted by molar-refractivity contribution is 6.76. The molecule has 0 bridgehead atoms. The fourth-order valence-corrected chi connectivity index (χ4v) is 1.94. The molecule has 0 aliphatic carbocycles. The van der Waals surface area contributed by atoms with Crippen molar-refractivity contribution in [3.05, 3.63) is 0 Å². The molecule has 0 aromatic rings. The number of ether oxygens (including phenoxy) is 1. The van der Waals surface area contributed by atoms with Crippen molar-refractivity contribution in [2.45, 2.75) is 45.1 Å². The number of hydrogen-bond acceptors (Lipinski definition) is 3. The molecule has 0 radical (unpaired) electrons. The van der Waals surface area contributed by atoms with Crippen LogP contribution in [0.15, 0.2) is 0 Å². The highest BCUT2D eigenvalue weighted by Crippen LogP contribution is 2.08. The molecule has 0 heterocycles. The molecule has 0 fully saturated rings. The maximum absolute atomic E-state index is 11.6. The average molecular weight is 246 g/mol. The maximum Gasteiger partial charge on any atom is 0.409 e. The second kappa shape index (κ2) is 5.68. The number of nitrogens with two attached hydrogens (primary N) is 1. The molecule has 2 N–H and O–H groups in total. The normalized spacial score (nSPS) is 12.4. The first-order valence-electron chi connectivity index (χ1n) is 5.68. The van der Waals surface area contributed by atoms with Crippen molar-refractivity contribution in [2.75, 3.05) is 20.2 Å². The van der Waals surface area contributed by atoms with Gasteiger partial charge >= 0.3 is 6.09 Å². The number of likely N-dealkylation sites (N-methyl/N-ethyl adjacent to an activating group) is 1. The Hall–Kier alpha value is -0.553. The van der Waals surface area contributed by atoms with Gasteiger partial charge in [-0.15, -0.1) is 0 Å². The first-order valence-corrected chi connectivity index (χ1v) is 9.39. The second-order valence-corrected chi connectivity index (χ2v) is 11.9. The fraction of sp³-hybridized carbons (Fsp3) is 0.909. The Bertz CT molecular complexity index is 231. The molecule has 0 atom stereocenters. The molecule has 0 unspecified atom stereocenters. The Morgan fingerprint density at radius 1 is 1.38 bits per heavy atom. The lowest BCUT2D eigenvalue weighted by molar-refractivity contribution is 0.109. The highest BCUT2D eigenvalue weighted by atomic mass is 28.3. The summed E-state index contributed by atoms with van der Waals surface area (Å²) in [4.78, 5) is 13.1. The van der Waals surface area contributed by atoms with E-state index in [2.05, 4.69) is 19.6 Å². The van der Waals surface area contributed by atoms with Gasteiger partial charge in [0.25, 0.3) is 0 Å². The van der Waals surface area contributed by atoms with E-state index in [1.54, 1.807) is 7.05 Å². The second-order valence-electron chi connectivity index (χ2n) is 6.27. The average Bonchev–Trinajstić information content (AvgIpc) is 1.98. The molecule has 0 spiro atoms. The van der Waals surface area contributed by atoms with Crippen LogP contribution in [0.2, 0.25) is 25.7 Å². The van der Waals surface area contributed by atoms with Crippen LogP contribution < -0.4 is 5.73 Å². The predicted molar refractivity (Wildman–Crippen MR) is 70.4 cm³/mol. The first kappa shape index (κ1) is 15.4. The van der Waals surface area contributed by atoms with Gasteiger partial charge in [0.2, 0.25) is 0 Å². The van der Waals surface area contributed by atoms with Gasteiger partial charge < -0.3 is 15.4 Å². The molecule has 5 heteroatoms. The minimum absolute atomic E-state index is 0.281. The molecule has 0 aliphatic rings. The summed E-state index contributed by atoms with van der Waals surface area (Å²) >= 11 is 0. The summed E-state index contributed by atoms with van der Waals surface area (Å²) in [5.74, 6) is 0. The van der Waals surface area contributed by atoms with Crippen molar-refractivity contribution >= 4 is 14.2 Å². The lowest BCUT2D eigenvalue weighted by Gasteiger charge is -2.26. The van der Waals surface area contributed by atoms with E-state index in [1.807, 2.05) is 13.8 Å². The van der Waals surface area contributed by atoms with E-state index in [9.17, 15) is 4.79 Å². The van der Waals surface area contributed by atoms with Gasteiger partial charge in [0, 0.05) is 27.2 Å². The third-order valence-corrected chi connectivity index (χ3v) is 3.74. The van der Waals surface area contributed by atoms with Crippen LogP contribution in [0.1, 0.15) is 13.8 Å². The van der Waals surface area contributed by atoms with Gasteiger partial charge in [0.15, 0.2) is 0 Å². The van der Waals surface area contributed by atoms with Crippen molar-refractivity contribution < 1.29 is 9.53 Å². The molecular weight excluding hydrogens is 220 g/mol. The van der Waals surface area contributed by atoms with E-state index in [4.69, 9.17) is 10.5 Å². The van der Waals surface area contributed by atoms with Gasteiger partial charge in [-0.05, 0) is 19.9 Å². The van der Waals surface area contributed by atoms with Gasteiger partial charge in [-0.1, -0.05) is 19.6 Å². The number of carbonyl (C=O) groups excluding carboxylic acids is 1. The van der Waals surface area contributed by atoms with Crippen LogP contribution in [-0.2, 0) is 4.74 Å². The molecule has 16 heavy (non-hydrogen) atoms. The van der Waals surface area contributed by atoms with Gasteiger partial charge in [-0.2, -0.15) is 0 Å². The minimum atomic E-state index is -1.13. The monoisotopic (exact) mass is 246 g/mol. The minimum Gasteiger partial charge on any atom is -0.450 e. The predicted octanol–water partition coefficient (Wildman–Crippen LogP) is 2.13. The standard InChI is InChI=1S/C11H26N2O2Si/c1-11(2,12)9-13(3)10(14)15-7-8-16(4,5)6/h7-9,12H2,1-6H3. The zero-order valence-electron chi connectivity index (χ0n) is 11.5. The molecule has 0 saturated heterocycles. The summed E-state index contributed by atoms with van der Waals surface area (Å²) in [5, 5.41) is 0. The zero-order chi connectivity index (χ0) is 13.0. The van der Waals surface area contributed by atoms with Gasteiger partial charge in [0.1, 0.15) is 0 Å². The van der Waals surface area contributed by atoms with Crippen molar-refractivity contribution in [1.82, 2.24) is 4.90 Å². The Labute approximate surface area is 100 Å². The fourth-order valence-electron chi connectivity index (χ4n) is 1.23. The van der Waals surface area contributed by atoms with E-state index >= 15 is 0 Å². The topological polar surface area (TPSA) is 55.6 Å². The number of amides is 1. The molecular formula is C11H26N2O2Si. The van der Waals surface area contributed by atoms with Gasteiger partial charge in [-0.25, -0.2) is 4.79 Å². The third kappa shape index (κ3) is 8.73. The van der Waals surface area contributed by atoms with E-state index < -0.39 is 8.07 Å². The zero-order valence-corrected chi connectivity index (χ0v) is 12.5. The van der Waals surface area contributed by atoms with E-state index in [0.29, 0.717) is 13.2 Å². The number of hydrogen-bond donors (Lipinski definition) is 1. The summed E-state index contributed by atoms with van der Waals surface area (Å²) in [6.45, 7) is 11.6. The maximum atomic E-state index is 11.6. The van der Waals surface area contributed by atoms with Crippen LogP contribution in [0, 0.1) is 0 Å². The SMILES string of the molecule is CN(CC(C)(C)N)C(=O)OCC[Si](C)(C)C. The first-order chi connectivity index (χ1) is 7.01. The Kier molecular flexibility index (Phi) is 5.48. The Morgan fingerprint density at radius 2 is 1.88 bits per heavy atom. The smallest absolute Gasteiger partial charge is 0.409 e. The Balaban J connectivity index is 3.90. The number of nitrogens with zero attached hydrogens (tertiary/aromatic N) is 1. The molecule has 0 rings (SSSR count). The van der Waals surface area contributed by atoms with E-state index in [0.717, 1.165) is 6.04 Å². The summed E-state index contributed by atoms with van der Waals surface area (Å²) in [6.07, 6.45) is -0.281. The summed E-state index contributed by atoms with van der Waals surface area (Å²) < 4.78 is 5.19. The summed E-state index contributed by atoms with van der Waals surface area (Å²) in [6, 6.07) is 0.999. The molecule has 0 aromatic carbocycles. The molecule has 96 valence electrons. The summed E-state index contributed by atoms with van der Waals surface area (Å²) in [7, 11) is 0.588. The lowest BCUT2D eigenvalue weighted by Crippen LogP contribution is -2.46. The van der Waals surface area contributed by atoms with Crippen LogP contribution in [0.5, 0.6) is 0 Å². The highest BCUT2D eigenvalue weighted by Gasteiger charge is 2.20. The van der Waals surface area contributed by atoms with Crippen molar-refractivity contribution in [1.29, 1.82) is 0 Å². The summed E-state index contributed by atoms with van der Waals surface area (Å²) in [5.41, 5.74) is 5.45. The third-order valence-electron chi connectivity index (χ3n) is 2.03. The van der Waals surface area contributed by atoms with Crippen molar-refractivity contribution in [3.8, 4) is 0 Å². The van der Waals surface area contributed by atoms with E-state index in [1.165, 1.54) is 4.90 Å². The number of carbonyl (C=O) groups is 1. The molecule has 0 aliphatic heterocycles. The lowest BCUT2D eigenvalue weighted by atomic mass is 10.1. The van der Waals surface area contributed by atoms with Crippen LogP contribution in [0.4, 0.5) is 4.79 Å². The number of rotatable bonds is 5. The molecule has 1 amide bonds. The van der Waals surface area contributed by atoms with E-state index in [-0.39, 0.29) is 11.6 Å². The van der Waals surface area contributed by atoms with Crippen LogP contribution in [-0.4, -0.2) is 44.8 Å². The van der Waals surface area contributed by atoms with Crippen molar-refractivity contribution in [3.63, 3.8) is 0 Å². The van der Waals surface area contributed by atoms with Crippen LogP contribution in [0.3, 0.4) is 0 Å².